The van der Waals surface area contributed by atoms with Gasteiger partial charge in [0.25, 0.3) is 0 Å². The molecule has 2 rings (SSSR count). The molecule has 2 atom stereocenters. The van der Waals surface area contributed by atoms with Crippen LogP contribution >= 0.6 is 0 Å². The minimum atomic E-state index is -1.23. The lowest BCUT2D eigenvalue weighted by atomic mass is 10.0. The molecule has 0 bridgehead atoms. The SMILES string of the molecule is Cc1ccc(N(C)C(=O)N2C(O)N(C)C(=O)[C@@H]2CC(C)C)cc1. The molecule has 1 fully saturated rings. The number of likely N-dealkylation sites (N-methyl/N-ethyl adjacent to an activating group) is 1. The van der Waals surface area contributed by atoms with Gasteiger partial charge in [-0.1, -0.05) is 31.5 Å². The van der Waals surface area contributed by atoms with E-state index in [0.29, 0.717) is 6.42 Å². The van der Waals surface area contributed by atoms with Crippen molar-refractivity contribution in [2.45, 2.75) is 39.6 Å². The fourth-order valence-electron chi connectivity index (χ4n) is 2.76. The van der Waals surface area contributed by atoms with E-state index >= 15 is 0 Å². The zero-order valence-electron chi connectivity index (χ0n) is 14.4. The van der Waals surface area contributed by atoms with Gasteiger partial charge in [0.1, 0.15) is 6.04 Å². The van der Waals surface area contributed by atoms with Gasteiger partial charge in [-0.25, -0.2) is 4.79 Å². The quantitative estimate of drug-likeness (QED) is 0.927. The lowest BCUT2D eigenvalue weighted by Crippen LogP contribution is -2.50. The second kappa shape index (κ2) is 6.58. The highest BCUT2D eigenvalue weighted by atomic mass is 16.3. The highest BCUT2D eigenvalue weighted by molar-refractivity contribution is 5.97. The minimum Gasteiger partial charge on any atom is -0.356 e. The van der Waals surface area contributed by atoms with Crippen molar-refractivity contribution in [2.75, 3.05) is 19.0 Å². The van der Waals surface area contributed by atoms with Crippen molar-refractivity contribution in [1.82, 2.24) is 9.80 Å². The summed E-state index contributed by atoms with van der Waals surface area (Å²) in [5.41, 5.74) is 1.82. The van der Waals surface area contributed by atoms with Gasteiger partial charge >= 0.3 is 6.03 Å². The van der Waals surface area contributed by atoms with Crippen molar-refractivity contribution in [3.63, 3.8) is 0 Å². The summed E-state index contributed by atoms with van der Waals surface area (Å²) >= 11 is 0. The van der Waals surface area contributed by atoms with Crippen LogP contribution in [-0.2, 0) is 4.79 Å². The molecule has 0 aliphatic carbocycles. The first kappa shape index (κ1) is 17.3. The lowest BCUT2D eigenvalue weighted by Gasteiger charge is -2.31. The molecule has 1 N–H and O–H groups in total. The van der Waals surface area contributed by atoms with E-state index in [2.05, 4.69) is 0 Å². The van der Waals surface area contributed by atoms with E-state index < -0.39 is 12.4 Å². The van der Waals surface area contributed by atoms with E-state index in [1.165, 1.54) is 21.7 Å². The number of anilines is 1. The summed E-state index contributed by atoms with van der Waals surface area (Å²) in [6.07, 6.45) is -0.708. The highest BCUT2D eigenvalue weighted by Crippen LogP contribution is 2.27. The number of urea groups is 1. The smallest absolute Gasteiger partial charge is 0.328 e. The number of aliphatic hydroxyl groups excluding tert-OH is 1. The molecular formula is C17H25N3O3. The summed E-state index contributed by atoms with van der Waals surface area (Å²) in [6.45, 7) is 5.96. The Bertz CT molecular complexity index is 585. The van der Waals surface area contributed by atoms with Crippen LogP contribution in [0.4, 0.5) is 10.5 Å². The first-order valence-corrected chi connectivity index (χ1v) is 7.81. The first-order chi connectivity index (χ1) is 10.7. The number of rotatable bonds is 3. The highest BCUT2D eigenvalue weighted by Gasteiger charge is 2.47. The lowest BCUT2D eigenvalue weighted by molar-refractivity contribution is -0.132. The number of hydrogen-bond donors (Lipinski definition) is 1. The van der Waals surface area contributed by atoms with Crippen molar-refractivity contribution in [3.8, 4) is 0 Å². The van der Waals surface area contributed by atoms with Gasteiger partial charge in [-0.3, -0.25) is 14.6 Å². The molecule has 1 heterocycles. The fraction of sp³-hybridized carbons (Fsp3) is 0.529. The molecule has 6 heteroatoms. The number of benzene rings is 1. The van der Waals surface area contributed by atoms with Crippen LogP contribution < -0.4 is 4.90 Å². The monoisotopic (exact) mass is 319 g/mol. The maximum absolute atomic E-state index is 12.8. The third kappa shape index (κ3) is 3.32. The second-order valence-electron chi connectivity index (χ2n) is 6.53. The van der Waals surface area contributed by atoms with Gasteiger partial charge in [-0.15, -0.1) is 0 Å². The standard InChI is InChI=1S/C17H25N3O3/c1-11(2)10-14-15(21)19(5)17(23)20(14)16(22)18(4)13-8-6-12(3)7-9-13/h6-9,11,14,17,23H,10H2,1-5H3/t14-,17?/m0/s1. The Morgan fingerprint density at radius 2 is 1.87 bits per heavy atom. The van der Waals surface area contributed by atoms with E-state index in [9.17, 15) is 14.7 Å². The third-order valence-corrected chi connectivity index (χ3v) is 4.19. The van der Waals surface area contributed by atoms with Gasteiger partial charge in [0.2, 0.25) is 12.3 Å². The van der Waals surface area contributed by atoms with Crippen LogP contribution in [-0.4, -0.2) is 53.3 Å². The average Bonchev–Trinajstić information content (AvgIpc) is 2.70. The minimum absolute atomic E-state index is 0.225. The Morgan fingerprint density at radius 1 is 1.30 bits per heavy atom. The van der Waals surface area contributed by atoms with E-state index in [1.54, 1.807) is 7.05 Å². The molecule has 6 nitrogen and oxygen atoms in total. The Balaban J connectivity index is 2.27. The number of aliphatic hydroxyl groups is 1. The average molecular weight is 319 g/mol. The molecule has 0 radical (unpaired) electrons. The Hall–Kier alpha value is -2.08. The molecule has 1 saturated heterocycles. The zero-order chi connectivity index (χ0) is 17.3. The summed E-state index contributed by atoms with van der Waals surface area (Å²) in [5, 5.41) is 10.3. The zero-order valence-corrected chi connectivity index (χ0v) is 14.4. The normalized spacial score (nSPS) is 21.3. The maximum atomic E-state index is 12.8. The second-order valence-corrected chi connectivity index (χ2v) is 6.53. The number of nitrogens with zero attached hydrogens (tertiary/aromatic N) is 3. The molecule has 1 aliphatic rings. The van der Waals surface area contributed by atoms with Crippen LogP contribution in [0.25, 0.3) is 0 Å². The largest absolute Gasteiger partial charge is 0.356 e. The molecule has 0 spiro atoms. The summed E-state index contributed by atoms with van der Waals surface area (Å²) in [7, 11) is 3.16. The van der Waals surface area contributed by atoms with Gasteiger partial charge in [0.05, 0.1) is 0 Å². The van der Waals surface area contributed by atoms with Gasteiger partial charge < -0.3 is 10.0 Å². The van der Waals surface area contributed by atoms with Crippen molar-refractivity contribution in [3.05, 3.63) is 29.8 Å². The molecule has 126 valence electrons. The van der Waals surface area contributed by atoms with E-state index in [4.69, 9.17) is 0 Å². The van der Waals surface area contributed by atoms with E-state index in [1.807, 2.05) is 45.0 Å². The summed E-state index contributed by atoms with van der Waals surface area (Å²) in [5.74, 6) is 0.0134. The number of aryl methyl sites for hydroxylation is 1. The van der Waals surface area contributed by atoms with Crippen LogP contribution in [0.3, 0.4) is 0 Å². The maximum Gasteiger partial charge on any atom is 0.328 e. The predicted octanol–water partition coefficient (Wildman–Crippen LogP) is 2.02. The summed E-state index contributed by atoms with van der Waals surface area (Å²) in [4.78, 5) is 29.1. The van der Waals surface area contributed by atoms with Gasteiger partial charge in [0.15, 0.2) is 0 Å². The van der Waals surface area contributed by atoms with Gasteiger partial charge in [-0.2, -0.15) is 0 Å². The fourth-order valence-corrected chi connectivity index (χ4v) is 2.76. The van der Waals surface area contributed by atoms with Crippen molar-refractivity contribution >= 4 is 17.6 Å². The van der Waals surface area contributed by atoms with Gasteiger partial charge in [0, 0.05) is 19.8 Å². The van der Waals surface area contributed by atoms with E-state index in [0.717, 1.165) is 11.3 Å². The molecule has 0 aromatic heterocycles. The van der Waals surface area contributed by atoms with Crippen LogP contribution in [0.2, 0.25) is 0 Å². The third-order valence-electron chi connectivity index (χ3n) is 4.19. The summed E-state index contributed by atoms with van der Waals surface area (Å²) < 4.78 is 0. The number of amides is 3. The Labute approximate surface area is 137 Å². The number of carbonyl (C=O) groups excluding carboxylic acids is 2. The number of hydrogen-bond acceptors (Lipinski definition) is 3. The van der Waals surface area contributed by atoms with Crippen LogP contribution in [0.15, 0.2) is 24.3 Å². The van der Waals surface area contributed by atoms with Crippen LogP contribution in [0.1, 0.15) is 25.8 Å². The topological polar surface area (TPSA) is 64.1 Å². The van der Waals surface area contributed by atoms with Gasteiger partial charge in [-0.05, 0) is 31.4 Å². The molecule has 3 amide bonds. The van der Waals surface area contributed by atoms with E-state index in [-0.39, 0.29) is 17.9 Å². The molecule has 23 heavy (non-hydrogen) atoms. The molecule has 1 aliphatic heterocycles. The predicted molar refractivity (Wildman–Crippen MR) is 88.8 cm³/mol. The first-order valence-electron chi connectivity index (χ1n) is 7.81. The number of carbonyl (C=O) groups is 2. The molecule has 1 unspecified atom stereocenters. The summed E-state index contributed by atoms with van der Waals surface area (Å²) in [6, 6.07) is 6.52. The van der Waals surface area contributed by atoms with Crippen LogP contribution in [0.5, 0.6) is 0 Å². The molecule has 1 aromatic rings. The molecular weight excluding hydrogens is 294 g/mol. The van der Waals surface area contributed by atoms with Crippen molar-refractivity contribution < 1.29 is 14.7 Å². The molecule has 0 saturated carbocycles. The Morgan fingerprint density at radius 3 is 2.39 bits per heavy atom. The van der Waals surface area contributed by atoms with Crippen molar-refractivity contribution in [2.24, 2.45) is 5.92 Å². The molecule has 1 aromatic carbocycles. The Kier molecular flexibility index (Phi) is 4.94. The van der Waals surface area contributed by atoms with Crippen LogP contribution in [0, 0.1) is 12.8 Å². The van der Waals surface area contributed by atoms with Crippen molar-refractivity contribution in [1.29, 1.82) is 0 Å².